The van der Waals surface area contributed by atoms with E-state index in [2.05, 4.69) is 4.74 Å². The van der Waals surface area contributed by atoms with Gasteiger partial charge in [0.15, 0.2) is 0 Å². The van der Waals surface area contributed by atoms with Crippen molar-refractivity contribution in [1.82, 2.24) is 4.90 Å². The Morgan fingerprint density at radius 1 is 1.41 bits per heavy atom. The van der Waals surface area contributed by atoms with Crippen molar-refractivity contribution < 1.29 is 19.1 Å². The molecule has 0 aromatic heterocycles. The number of hydrogen-bond acceptors (Lipinski definition) is 4. The molecule has 5 heteroatoms. The summed E-state index contributed by atoms with van der Waals surface area (Å²) in [5, 5.41) is 0. The van der Waals surface area contributed by atoms with Gasteiger partial charge in [-0.1, -0.05) is 12.1 Å². The number of esters is 2. The molecule has 1 aliphatic rings. The largest absolute Gasteiger partial charge is 0.389 e. The molecule has 0 bridgehead atoms. The lowest BCUT2D eigenvalue weighted by Gasteiger charge is -2.16. The summed E-state index contributed by atoms with van der Waals surface area (Å²) >= 11 is 0. The molecule has 0 aliphatic carbocycles. The molecule has 5 nitrogen and oxygen atoms in total. The molecule has 0 unspecified atom stereocenters. The number of rotatable bonds is 3. The highest BCUT2D eigenvalue weighted by Gasteiger charge is 2.24. The summed E-state index contributed by atoms with van der Waals surface area (Å²) in [7, 11) is 1.65. The van der Waals surface area contributed by atoms with Crippen molar-refractivity contribution in [2.75, 3.05) is 7.05 Å². The Kier molecular flexibility index (Phi) is 2.91. The van der Waals surface area contributed by atoms with Crippen LogP contribution in [0.15, 0.2) is 18.2 Å². The maximum absolute atomic E-state index is 11.5. The van der Waals surface area contributed by atoms with Gasteiger partial charge in [0, 0.05) is 13.6 Å². The van der Waals surface area contributed by atoms with Crippen molar-refractivity contribution in [2.45, 2.75) is 13.0 Å². The van der Waals surface area contributed by atoms with Gasteiger partial charge in [-0.2, -0.15) is 0 Å². The topological polar surface area (TPSA) is 63.7 Å². The van der Waals surface area contributed by atoms with E-state index >= 15 is 0 Å². The predicted octanol–water partition coefficient (Wildman–Crippen LogP) is 0.514. The molecule has 0 N–H and O–H groups in total. The highest BCUT2D eigenvalue weighted by Crippen LogP contribution is 2.19. The number of carbonyl (C=O) groups is 3. The summed E-state index contributed by atoms with van der Waals surface area (Å²) in [5.74, 6) is -1.15. The van der Waals surface area contributed by atoms with Crippen LogP contribution in [0.3, 0.4) is 0 Å². The number of hydrogen-bond donors (Lipinski definition) is 0. The third-order valence-electron chi connectivity index (χ3n) is 2.55. The summed E-state index contributed by atoms with van der Waals surface area (Å²) in [6.07, 6.45) is 0.826. The van der Waals surface area contributed by atoms with Gasteiger partial charge in [-0.25, -0.2) is 4.79 Å². The molecule has 0 spiro atoms. The number of ether oxygens (including phenoxy) is 1. The molecule has 1 aliphatic heterocycles. The van der Waals surface area contributed by atoms with Crippen molar-refractivity contribution in [3.8, 4) is 0 Å². The number of carbonyl (C=O) groups excluding carboxylic acids is 3. The first kappa shape index (κ1) is 11.3. The zero-order chi connectivity index (χ0) is 12.4. The zero-order valence-corrected chi connectivity index (χ0v) is 9.30. The van der Waals surface area contributed by atoms with E-state index in [1.807, 2.05) is 0 Å². The van der Waals surface area contributed by atoms with Crippen molar-refractivity contribution in [3.63, 3.8) is 0 Å². The van der Waals surface area contributed by atoms with Crippen LogP contribution >= 0.6 is 0 Å². The minimum Gasteiger partial charge on any atom is -0.389 e. The van der Waals surface area contributed by atoms with Gasteiger partial charge in [-0.05, 0) is 17.2 Å². The normalized spacial score (nSPS) is 13.9. The van der Waals surface area contributed by atoms with Gasteiger partial charge < -0.3 is 9.64 Å². The Hall–Kier alpha value is -2.17. The number of amides is 1. The van der Waals surface area contributed by atoms with Gasteiger partial charge in [0.1, 0.15) is 0 Å². The molecule has 1 heterocycles. The Morgan fingerprint density at radius 2 is 2.18 bits per heavy atom. The third kappa shape index (κ3) is 2.33. The second-order valence-electron chi connectivity index (χ2n) is 3.95. The fraction of sp³-hybridized carbons (Fsp3) is 0.250. The molecule has 0 saturated heterocycles. The predicted molar refractivity (Wildman–Crippen MR) is 58.1 cm³/mol. The van der Waals surface area contributed by atoms with E-state index in [0.29, 0.717) is 24.1 Å². The van der Waals surface area contributed by atoms with Gasteiger partial charge in [0.05, 0.1) is 12.0 Å². The minimum atomic E-state index is -0.619. The summed E-state index contributed by atoms with van der Waals surface area (Å²) in [6, 6.07) is 5.18. The lowest BCUT2D eigenvalue weighted by atomic mass is 9.99. The van der Waals surface area contributed by atoms with E-state index < -0.39 is 11.9 Å². The lowest BCUT2D eigenvalue weighted by Crippen LogP contribution is -2.23. The Balaban J connectivity index is 2.30. The third-order valence-corrected chi connectivity index (χ3v) is 2.55. The van der Waals surface area contributed by atoms with Crippen LogP contribution in [0, 0.1) is 0 Å². The van der Waals surface area contributed by atoms with E-state index in [0.717, 1.165) is 5.56 Å². The molecule has 2 rings (SSSR count). The van der Waals surface area contributed by atoms with Crippen LogP contribution in [0.4, 0.5) is 0 Å². The molecule has 1 amide bonds. The van der Waals surface area contributed by atoms with Crippen molar-refractivity contribution in [1.29, 1.82) is 0 Å². The fourth-order valence-corrected chi connectivity index (χ4v) is 1.74. The molecule has 0 fully saturated rings. The van der Waals surface area contributed by atoms with Crippen LogP contribution in [0.1, 0.15) is 21.5 Å². The summed E-state index contributed by atoms with van der Waals surface area (Å²) in [5.41, 5.74) is 1.90. The van der Waals surface area contributed by atoms with E-state index in [4.69, 9.17) is 0 Å². The van der Waals surface area contributed by atoms with Gasteiger partial charge in [-0.15, -0.1) is 0 Å². The molecule has 0 radical (unpaired) electrons. The molecule has 0 atom stereocenters. The van der Waals surface area contributed by atoms with Crippen LogP contribution in [0.5, 0.6) is 0 Å². The minimum absolute atomic E-state index is 0.116. The van der Waals surface area contributed by atoms with E-state index in [1.54, 1.807) is 25.2 Å². The number of benzene rings is 1. The molecule has 1 aromatic rings. The van der Waals surface area contributed by atoms with E-state index in [-0.39, 0.29) is 6.42 Å². The molecule has 17 heavy (non-hydrogen) atoms. The molecule has 1 aromatic carbocycles. The number of nitrogens with zero attached hydrogens (tertiary/aromatic N) is 1. The lowest BCUT2D eigenvalue weighted by molar-refractivity contribution is -0.137. The van der Waals surface area contributed by atoms with Gasteiger partial charge >= 0.3 is 11.9 Å². The zero-order valence-electron chi connectivity index (χ0n) is 9.30. The van der Waals surface area contributed by atoms with E-state index in [9.17, 15) is 14.4 Å². The van der Waals surface area contributed by atoms with Gasteiger partial charge in [0.2, 0.25) is 6.41 Å². The smallest absolute Gasteiger partial charge is 0.346 e. The second-order valence-corrected chi connectivity index (χ2v) is 3.95. The summed E-state index contributed by atoms with van der Waals surface area (Å²) < 4.78 is 4.54. The SMILES string of the molecule is CN(C=O)Cc1ccc2c(c1)C(=O)OC(=O)C2. The molecular weight excluding hydrogens is 222 g/mol. The van der Waals surface area contributed by atoms with E-state index in [1.165, 1.54) is 4.90 Å². The number of cyclic esters (lactones) is 2. The van der Waals surface area contributed by atoms with Gasteiger partial charge in [-0.3, -0.25) is 9.59 Å². The Bertz CT molecular complexity index is 495. The number of fused-ring (bicyclic) bond motifs is 1. The van der Waals surface area contributed by atoms with Crippen LogP contribution in [-0.2, 0) is 27.3 Å². The maximum atomic E-state index is 11.5. The van der Waals surface area contributed by atoms with Crippen LogP contribution < -0.4 is 0 Å². The van der Waals surface area contributed by atoms with Crippen molar-refractivity contribution in [2.24, 2.45) is 0 Å². The fourth-order valence-electron chi connectivity index (χ4n) is 1.74. The van der Waals surface area contributed by atoms with Crippen LogP contribution in [0.2, 0.25) is 0 Å². The standard InChI is InChI=1S/C12H11NO4/c1-13(7-14)6-8-2-3-9-5-11(15)17-12(16)10(9)4-8/h2-4,7H,5-6H2,1H3. The summed E-state index contributed by atoms with van der Waals surface area (Å²) in [6.45, 7) is 0.415. The monoisotopic (exact) mass is 233 g/mol. The van der Waals surface area contributed by atoms with Crippen molar-refractivity contribution >= 4 is 18.3 Å². The highest BCUT2D eigenvalue weighted by atomic mass is 16.6. The first-order valence-electron chi connectivity index (χ1n) is 5.12. The molecule has 88 valence electrons. The second kappa shape index (κ2) is 4.37. The quantitative estimate of drug-likeness (QED) is 0.433. The highest BCUT2D eigenvalue weighted by molar-refractivity contribution is 6.02. The first-order valence-corrected chi connectivity index (χ1v) is 5.12. The average Bonchev–Trinajstić information content (AvgIpc) is 2.29. The first-order chi connectivity index (χ1) is 8.10. The molecular formula is C12H11NO4. The van der Waals surface area contributed by atoms with Crippen LogP contribution in [0.25, 0.3) is 0 Å². The van der Waals surface area contributed by atoms with Gasteiger partial charge in [0.25, 0.3) is 0 Å². The van der Waals surface area contributed by atoms with Crippen molar-refractivity contribution in [3.05, 3.63) is 34.9 Å². The van der Waals surface area contributed by atoms with Crippen LogP contribution in [-0.4, -0.2) is 30.3 Å². The average molecular weight is 233 g/mol. The Morgan fingerprint density at radius 3 is 2.88 bits per heavy atom. The Labute approximate surface area is 98.0 Å². The maximum Gasteiger partial charge on any atom is 0.346 e. The molecule has 0 saturated carbocycles. The summed E-state index contributed by atoms with van der Waals surface area (Å²) in [4.78, 5) is 34.5.